The van der Waals surface area contributed by atoms with Gasteiger partial charge in [0.2, 0.25) is 5.95 Å². The molecule has 1 aliphatic rings. The number of halogens is 3. The summed E-state index contributed by atoms with van der Waals surface area (Å²) in [6.45, 7) is 6.78. The molecule has 208 valence electrons. The summed E-state index contributed by atoms with van der Waals surface area (Å²) in [7, 11) is 0. The number of nitrogens with zero attached hydrogens (tertiary/aromatic N) is 5. The number of aliphatic hydroxyl groups excluding tert-OH is 1. The number of nitrogens with one attached hydrogen (secondary N) is 4. The van der Waals surface area contributed by atoms with E-state index in [0.717, 1.165) is 12.3 Å². The molecule has 40 heavy (non-hydrogen) atoms. The van der Waals surface area contributed by atoms with Crippen LogP contribution in [0.4, 0.5) is 24.5 Å². The smallest absolute Gasteiger partial charge is 0.362 e. The molecule has 1 aromatic carbocycles. The van der Waals surface area contributed by atoms with Crippen LogP contribution in [0.1, 0.15) is 49.2 Å². The highest BCUT2D eigenvalue weighted by molar-refractivity contribution is 5.99. The van der Waals surface area contributed by atoms with Gasteiger partial charge in [-0.3, -0.25) is 4.98 Å². The number of hydrogen-bond acceptors (Lipinski definition) is 10. The van der Waals surface area contributed by atoms with Crippen LogP contribution in [0.5, 0.6) is 0 Å². The van der Waals surface area contributed by atoms with E-state index in [1.54, 1.807) is 19.1 Å². The second-order valence-electron chi connectivity index (χ2n) is 10.5. The van der Waals surface area contributed by atoms with Crippen LogP contribution in [0.3, 0.4) is 0 Å². The highest BCUT2D eigenvalue weighted by Crippen LogP contribution is 2.35. The topological polar surface area (TPSA) is 145 Å². The van der Waals surface area contributed by atoms with Crippen molar-refractivity contribution in [3.63, 3.8) is 0 Å². The summed E-state index contributed by atoms with van der Waals surface area (Å²) in [6.07, 6.45) is 2.49. The molecule has 13 heteroatoms. The van der Waals surface area contributed by atoms with Gasteiger partial charge in [-0.25, -0.2) is 9.99 Å². The maximum Gasteiger partial charge on any atom is 0.362 e. The molecule has 0 saturated heterocycles. The van der Waals surface area contributed by atoms with Crippen LogP contribution in [0, 0.1) is 40.9 Å². The summed E-state index contributed by atoms with van der Waals surface area (Å²) in [5.74, 6) is -0.706. The first-order valence-electron chi connectivity index (χ1n) is 12.3. The van der Waals surface area contributed by atoms with Crippen molar-refractivity contribution in [2.75, 3.05) is 23.8 Å². The number of aliphatic hydroxyl groups is 1. The molecule has 1 aliphatic heterocycles. The van der Waals surface area contributed by atoms with Crippen LogP contribution in [0.25, 0.3) is 10.9 Å². The second kappa shape index (κ2) is 10.9. The lowest BCUT2D eigenvalue weighted by molar-refractivity contribution is -0.171. The fourth-order valence-corrected chi connectivity index (χ4v) is 4.16. The van der Waals surface area contributed by atoms with E-state index in [9.17, 15) is 23.7 Å². The summed E-state index contributed by atoms with van der Waals surface area (Å²) < 4.78 is 42.2. The van der Waals surface area contributed by atoms with Gasteiger partial charge in [-0.2, -0.15) is 23.7 Å². The van der Waals surface area contributed by atoms with Crippen molar-refractivity contribution >= 4 is 22.3 Å². The molecule has 3 aromatic rings. The van der Waals surface area contributed by atoms with E-state index in [4.69, 9.17) is 5.11 Å². The summed E-state index contributed by atoms with van der Waals surface area (Å²) in [4.78, 5) is 8.21. The number of alkyl halides is 2. The van der Waals surface area contributed by atoms with Gasteiger partial charge in [0.15, 0.2) is 0 Å². The Labute approximate surface area is 229 Å². The number of rotatable bonds is 8. The van der Waals surface area contributed by atoms with E-state index >= 15 is 0 Å². The predicted molar refractivity (Wildman–Crippen MR) is 143 cm³/mol. The van der Waals surface area contributed by atoms with Crippen molar-refractivity contribution in [3.05, 3.63) is 70.7 Å². The zero-order chi connectivity index (χ0) is 29.2. The van der Waals surface area contributed by atoms with Crippen molar-refractivity contribution in [1.29, 1.82) is 10.5 Å². The van der Waals surface area contributed by atoms with Gasteiger partial charge in [-0.1, -0.05) is 26.8 Å². The third-order valence-electron chi connectivity index (χ3n) is 6.17. The highest BCUT2D eigenvalue weighted by atomic mass is 19.3. The zero-order valence-electron chi connectivity index (χ0n) is 22.3. The van der Waals surface area contributed by atoms with Gasteiger partial charge in [0.1, 0.15) is 18.7 Å². The SMILES string of the molecule is Cc1nc(F)ccc1[C@H](Nc1cc(C#N)c2ncc(C#N)c(NCC(C)(C)C)c2c1)C1=CN(C(F)(F)CO)NN1. The van der Waals surface area contributed by atoms with Gasteiger partial charge < -0.3 is 21.2 Å². The van der Waals surface area contributed by atoms with Gasteiger partial charge >= 0.3 is 6.05 Å². The Morgan fingerprint density at radius 2 is 1.88 bits per heavy atom. The minimum Gasteiger partial charge on any atom is -0.388 e. The van der Waals surface area contributed by atoms with Crippen molar-refractivity contribution < 1.29 is 18.3 Å². The van der Waals surface area contributed by atoms with E-state index < -0.39 is 24.6 Å². The maximum atomic E-state index is 14.2. The molecule has 0 unspecified atom stereocenters. The standard InChI is InChI=1S/C27H28F3N9O/c1-15-19(5-6-22(28)35-15)25(21-12-39(38-37-21)27(29,30)14-40)36-18-7-16(9-31)23-20(8-18)24(17(10-32)11-33-23)34-13-26(2,3)4/h5-8,11-12,25,36-38,40H,13-14H2,1-4H3,(H,33,34)/t25-/m0/s1. The number of benzene rings is 1. The normalized spacial score (nSPS) is 14.2. The number of fused-ring (bicyclic) bond motifs is 1. The van der Waals surface area contributed by atoms with Crippen LogP contribution < -0.4 is 21.6 Å². The number of aryl methyl sites for hydroxylation is 1. The van der Waals surface area contributed by atoms with E-state index in [0.29, 0.717) is 50.7 Å². The fraction of sp³-hybridized carbons (Fsp3) is 0.333. The number of hydrogen-bond donors (Lipinski definition) is 5. The first-order chi connectivity index (χ1) is 18.9. The third kappa shape index (κ3) is 5.86. The lowest BCUT2D eigenvalue weighted by atomic mass is 9.96. The monoisotopic (exact) mass is 551 g/mol. The minimum atomic E-state index is -3.61. The van der Waals surface area contributed by atoms with E-state index in [1.807, 2.05) is 20.8 Å². The third-order valence-corrected chi connectivity index (χ3v) is 6.17. The summed E-state index contributed by atoms with van der Waals surface area (Å²) in [5, 5.41) is 36.3. The Morgan fingerprint density at radius 1 is 1.15 bits per heavy atom. The molecule has 0 aliphatic carbocycles. The quantitative estimate of drug-likeness (QED) is 0.204. The Morgan fingerprint density at radius 3 is 2.50 bits per heavy atom. The van der Waals surface area contributed by atoms with E-state index in [1.165, 1.54) is 12.3 Å². The number of nitriles is 2. The molecule has 10 nitrogen and oxygen atoms in total. The number of anilines is 2. The minimum absolute atomic E-state index is 0.120. The van der Waals surface area contributed by atoms with Crippen LogP contribution in [-0.4, -0.2) is 39.3 Å². The molecule has 2 aromatic heterocycles. The molecule has 3 heterocycles. The molecule has 1 atom stereocenters. The maximum absolute atomic E-state index is 14.2. The Kier molecular flexibility index (Phi) is 7.73. The van der Waals surface area contributed by atoms with Gasteiger partial charge in [0.05, 0.1) is 34.1 Å². The number of hydrazine groups is 2. The fourth-order valence-electron chi connectivity index (χ4n) is 4.16. The first kappa shape index (κ1) is 28.4. The zero-order valence-corrected chi connectivity index (χ0v) is 22.3. The van der Waals surface area contributed by atoms with Crippen LogP contribution in [0.2, 0.25) is 0 Å². The molecular weight excluding hydrogens is 523 g/mol. The van der Waals surface area contributed by atoms with Crippen molar-refractivity contribution in [2.24, 2.45) is 5.41 Å². The Bertz CT molecular complexity index is 1550. The first-order valence-corrected chi connectivity index (χ1v) is 12.3. The van der Waals surface area contributed by atoms with Gasteiger partial charge in [-0.05, 0) is 30.5 Å². The number of pyridine rings is 2. The average molecular weight is 552 g/mol. The van der Waals surface area contributed by atoms with E-state index in [2.05, 4.69) is 43.7 Å². The second-order valence-corrected chi connectivity index (χ2v) is 10.5. The largest absolute Gasteiger partial charge is 0.388 e. The predicted octanol–water partition coefficient (Wildman–Crippen LogP) is 4.18. The Balaban J connectivity index is 1.85. The summed E-state index contributed by atoms with van der Waals surface area (Å²) in [5.41, 5.74) is 7.63. The van der Waals surface area contributed by atoms with Crippen LogP contribution in [0.15, 0.2) is 42.4 Å². The van der Waals surface area contributed by atoms with Crippen molar-refractivity contribution in [1.82, 2.24) is 25.9 Å². The molecule has 5 N–H and O–H groups in total. The van der Waals surface area contributed by atoms with Crippen LogP contribution >= 0.6 is 0 Å². The average Bonchev–Trinajstić information content (AvgIpc) is 3.41. The highest BCUT2D eigenvalue weighted by Gasteiger charge is 2.39. The molecular formula is C27H28F3N9O. The molecule has 0 amide bonds. The van der Waals surface area contributed by atoms with Crippen molar-refractivity contribution in [3.8, 4) is 12.1 Å². The van der Waals surface area contributed by atoms with Gasteiger partial charge in [0.25, 0.3) is 0 Å². The lowest BCUT2D eigenvalue weighted by Crippen LogP contribution is -2.49. The van der Waals surface area contributed by atoms with E-state index in [-0.39, 0.29) is 16.7 Å². The molecule has 0 bridgehead atoms. The molecule has 0 saturated carbocycles. The molecule has 0 fully saturated rings. The molecule has 0 radical (unpaired) electrons. The lowest BCUT2D eigenvalue weighted by Gasteiger charge is -2.24. The van der Waals surface area contributed by atoms with Gasteiger partial charge in [0, 0.05) is 41.3 Å². The Hall–Kier alpha value is -4.59. The summed E-state index contributed by atoms with van der Waals surface area (Å²) in [6, 6.07) is 5.66. The number of aromatic nitrogens is 2. The molecule has 0 spiro atoms. The summed E-state index contributed by atoms with van der Waals surface area (Å²) >= 11 is 0. The van der Waals surface area contributed by atoms with Crippen LogP contribution in [-0.2, 0) is 0 Å². The molecule has 4 rings (SSSR count). The van der Waals surface area contributed by atoms with Crippen molar-refractivity contribution in [2.45, 2.75) is 39.8 Å². The van der Waals surface area contributed by atoms with Gasteiger partial charge in [-0.15, -0.1) is 5.53 Å².